The lowest BCUT2D eigenvalue weighted by atomic mass is 10.3. The van der Waals surface area contributed by atoms with E-state index in [-0.39, 0.29) is 5.69 Å². The van der Waals surface area contributed by atoms with Gasteiger partial charge in [0.05, 0.1) is 5.69 Å². The van der Waals surface area contributed by atoms with Gasteiger partial charge in [0.1, 0.15) is 5.69 Å². The van der Waals surface area contributed by atoms with Gasteiger partial charge in [0.15, 0.2) is 0 Å². The maximum atomic E-state index is 10.7. The van der Waals surface area contributed by atoms with E-state index in [9.17, 15) is 4.79 Å². The molecule has 1 aromatic rings. The fourth-order valence-electron chi connectivity index (χ4n) is 1.19. The van der Waals surface area contributed by atoms with Crippen LogP contribution in [0.2, 0.25) is 0 Å². The molecular formula is C9H15N3O2. The van der Waals surface area contributed by atoms with E-state index in [0.29, 0.717) is 0 Å². The number of hydrogen-bond acceptors (Lipinski definition) is 3. The van der Waals surface area contributed by atoms with Crippen LogP contribution in [0.25, 0.3) is 0 Å². The predicted molar refractivity (Wildman–Crippen MR) is 52.4 cm³/mol. The zero-order valence-electron chi connectivity index (χ0n) is 8.69. The minimum Gasteiger partial charge on any atom is -0.477 e. The summed E-state index contributed by atoms with van der Waals surface area (Å²) in [4.78, 5) is 12.7. The van der Waals surface area contributed by atoms with Crippen LogP contribution < -0.4 is 0 Å². The third-order valence-corrected chi connectivity index (χ3v) is 1.96. The van der Waals surface area contributed by atoms with Gasteiger partial charge in [0.2, 0.25) is 0 Å². The van der Waals surface area contributed by atoms with Crippen LogP contribution in [0.4, 0.5) is 0 Å². The molecule has 1 heterocycles. The predicted octanol–water partition coefficient (Wildman–Crippen LogP) is 0.222. The number of carboxylic acid groups (broad SMARTS) is 1. The van der Waals surface area contributed by atoms with Gasteiger partial charge in [-0.15, -0.1) is 0 Å². The van der Waals surface area contributed by atoms with E-state index in [1.54, 1.807) is 13.1 Å². The SMILES string of the molecule is CN(C)CCc1cc(C(=O)O)n(C)n1. The van der Waals surface area contributed by atoms with Crippen LogP contribution in [0.15, 0.2) is 6.07 Å². The fourth-order valence-corrected chi connectivity index (χ4v) is 1.19. The lowest BCUT2D eigenvalue weighted by Gasteiger charge is -2.06. The van der Waals surface area contributed by atoms with E-state index in [2.05, 4.69) is 5.10 Å². The molecule has 0 saturated carbocycles. The molecule has 5 heteroatoms. The summed E-state index contributed by atoms with van der Waals surface area (Å²) in [5.74, 6) is -0.934. The van der Waals surface area contributed by atoms with Crippen molar-refractivity contribution in [3.8, 4) is 0 Å². The van der Waals surface area contributed by atoms with Crippen molar-refractivity contribution in [2.45, 2.75) is 6.42 Å². The third-order valence-electron chi connectivity index (χ3n) is 1.96. The molecule has 0 atom stereocenters. The summed E-state index contributed by atoms with van der Waals surface area (Å²) in [6.45, 7) is 0.871. The molecule has 1 rings (SSSR count). The molecule has 78 valence electrons. The Bertz CT molecular complexity index is 331. The van der Waals surface area contributed by atoms with Crippen molar-refractivity contribution >= 4 is 5.97 Å². The molecule has 0 radical (unpaired) electrons. The minimum absolute atomic E-state index is 0.235. The molecule has 0 aromatic carbocycles. The molecule has 0 fully saturated rings. The molecular weight excluding hydrogens is 182 g/mol. The van der Waals surface area contributed by atoms with Crippen LogP contribution in [0.3, 0.4) is 0 Å². The van der Waals surface area contributed by atoms with Crippen LogP contribution in [-0.2, 0) is 13.5 Å². The number of hydrogen-bond donors (Lipinski definition) is 1. The number of aromatic carboxylic acids is 1. The van der Waals surface area contributed by atoms with Gasteiger partial charge in [-0.3, -0.25) is 4.68 Å². The number of aromatic nitrogens is 2. The van der Waals surface area contributed by atoms with E-state index >= 15 is 0 Å². The fraction of sp³-hybridized carbons (Fsp3) is 0.556. The summed E-state index contributed by atoms with van der Waals surface area (Å²) in [6, 6.07) is 1.62. The number of aryl methyl sites for hydroxylation is 1. The van der Waals surface area contributed by atoms with Gasteiger partial charge in [0, 0.05) is 20.0 Å². The summed E-state index contributed by atoms with van der Waals surface area (Å²) in [5, 5.41) is 12.9. The number of nitrogens with zero attached hydrogens (tertiary/aromatic N) is 3. The monoisotopic (exact) mass is 197 g/mol. The first kappa shape index (κ1) is 10.7. The Morgan fingerprint density at radius 2 is 2.29 bits per heavy atom. The molecule has 0 bridgehead atoms. The van der Waals surface area contributed by atoms with Gasteiger partial charge >= 0.3 is 5.97 Å². The molecule has 5 nitrogen and oxygen atoms in total. The first-order chi connectivity index (χ1) is 6.50. The Hall–Kier alpha value is -1.36. The van der Waals surface area contributed by atoms with Crippen LogP contribution in [0.5, 0.6) is 0 Å². The molecule has 0 unspecified atom stereocenters. The quantitative estimate of drug-likeness (QED) is 0.750. The van der Waals surface area contributed by atoms with E-state index in [1.807, 2.05) is 19.0 Å². The minimum atomic E-state index is -0.934. The summed E-state index contributed by atoms with van der Waals surface area (Å²) in [7, 11) is 5.59. The van der Waals surface area contributed by atoms with Crippen LogP contribution in [-0.4, -0.2) is 46.4 Å². The van der Waals surface area contributed by atoms with Crippen molar-refractivity contribution in [1.29, 1.82) is 0 Å². The molecule has 1 N–H and O–H groups in total. The van der Waals surface area contributed by atoms with Gasteiger partial charge in [-0.25, -0.2) is 4.79 Å². The second-order valence-corrected chi connectivity index (χ2v) is 3.50. The van der Waals surface area contributed by atoms with Gasteiger partial charge in [-0.05, 0) is 20.2 Å². The summed E-state index contributed by atoms with van der Waals surface area (Å²) < 4.78 is 1.40. The largest absolute Gasteiger partial charge is 0.477 e. The second-order valence-electron chi connectivity index (χ2n) is 3.50. The van der Waals surface area contributed by atoms with Crippen molar-refractivity contribution in [2.75, 3.05) is 20.6 Å². The molecule has 0 amide bonds. The molecule has 14 heavy (non-hydrogen) atoms. The van der Waals surface area contributed by atoms with Crippen molar-refractivity contribution in [3.63, 3.8) is 0 Å². The first-order valence-electron chi connectivity index (χ1n) is 4.41. The van der Waals surface area contributed by atoms with Gasteiger partial charge in [0.25, 0.3) is 0 Å². The molecule has 0 aliphatic heterocycles. The van der Waals surface area contributed by atoms with Crippen LogP contribution >= 0.6 is 0 Å². The molecule has 0 spiro atoms. The number of likely N-dealkylation sites (N-methyl/N-ethyl adjacent to an activating group) is 1. The van der Waals surface area contributed by atoms with Gasteiger partial charge in [-0.1, -0.05) is 0 Å². The lowest BCUT2D eigenvalue weighted by Crippen LogP contribution is -2.15. The first-order valence-corrected chi connectivity index (χ1v) is 4.41. The Morgan fingerprint density at radius 3 is 2.71 bits per heavy atom. The molecule has 0 aliphatic rings. The number of rotatable bonds is 4. The summed E-state index contributed by atoms with van der Waals surface area (Å²) in [6.07, 6.45) is 0.772. The highest BCUT2D eigenvalue weighted by Crippen LogP contribution is 2.03. The highest BCUT2D eigenvalue weighted by atomic mass is 16.4. The Morgan fingerprint density at radius 1 is 1.64 bits per heavy atom. The normalized spacial score (nSPS) is 10.9. The highest BCUT2D eigenvalue weighted by molar-refractivity contribution is 5.85. The zero-order valence-corrected chi connectivity index (χ0v) is 8.69. The maximum Gasteiger partial charge on any atom is 0.354 e. The standard InChI is InChI=1S/C9H15N3O2/c1-11(2)5-4-7-6-8(9(13)14)12(3)10-7/h6H,4-5H2,1-3H3,(H,13,14). The third kappa shape index (κ3) is 2.56. The summed E-state index contributed by atoms with van der Waals surface area (Å²) in [5.41, 5.74) is 1.05. The average molecular weight is 197 g/mol. The van der Waals surface area contributed by atoms with E-state index in [1.165, 1.54) is 4.68 Å². The van der Waals surface area contributed by atoms with Crippen LogP contribution in [0.1, 0.15) is 16.2 Å². The van der Waals surface area contributed by atoms with Gasteiger partial charge < -0.3 is 10.0 Å². The Balaban J connectivity index is 2.71. The Kier molecular flexibility index (Phi) is 3.24. The van der Waals surface area contributed by atoms with E-state index < -0.39 is 5.97 Å². The molecule has 0 aliphatic carbocycles. The smallest absolute Gasteiger partial charge is 0.354 e. The lowest BCUT2D eigenvalue weighted by molar-refractivity contribution is 0.0685. The number of carboxylic acids is 1. The zero-order chi connectivity index (χ0) is 10.7. The van der Waals surface area contributed by atoms with Crippen LogP contribution in [0, 0.1) is 0 Å². The highest BCUT2D eigenvalue weighted by Gasteiger charge is 2.11. The van der Waals surface area contributed by atoms with Crippen molar-refractivity contribution in [3.05, 3.63) is 17.5 Å². The van der Waals surface area contributed by atoms with Crippen molar-refractivity contribution in [1.82, 2.24) is 14.7 Å². The van der Waals surface area contributed by atoms with Gasteiger partial charge in [-0.2, -0.15) is 5.10 Å². The molecule has 1 aromatic heterocycles. The maximum absolute atomic E-state index is 10.7. The van der Waals surface area contributed by atoms with Crippen molar-refractivity contribution < 1.29 is 9.90 Å². The Labute approximate surface area is 82.9 Å². The van der Waals surface area contributed by atoms with E-state index in [4.69, 9.17) is 5.11 Å². The summed E-state index contributed by atoms with van der Waals surface area (Å²) >= 11 is 0. The van der Waals surface area contributed by atoms with Crippen molar-refractivity contribution in [2.24, 2.45) is 7.05 Å². The average Bonchev–Trinajstić information content (AvgIpc) is 2.43. The second kappa shape index (κ2) is 4.23. The molecule has 0 saturated heterocycles. The number of carbonyl (C=O) groups is 1. The topological polar surface area (TPSA) is 58.4 Å². The van der Waals surface area contributed by atoms with E-state index in [0.717, 1.165) is 18.7 Å².